The summed E-state index contributed by atoms with van der Waals surface area (Å²) in [6, 6.07) is 9.72. The quantitative estimate of drug-likeness (QED) is 0.779. The molecular formula is C15H12N2O3S. The number of thiophene rings is 1. The van der Waals surface area contributed by atoms with E-state index in [-0.39, 0.29) is 5.82 Å². The molecule has 2 N–H and O–H groups in total. The molecule has 1 aromatic carbocycles. The number of benzene rings is 1. The number of carbonyl (C=O) groups is 1. The molecule has 0 aliphatic heterocycles. The topological polar surface area (TPSA) is 83.0 Å². The van der Waals surface area contributed by atoms with Crippen LogP contribution < -0.4 is 5.56 Å². The second-order valence-corrected chi connectivity index (χ2v) is 5.53. The number of carboxylic acid groups (broad SMARTS) is 1. The van der Waals surface area contributed by atoms with Gasteiger partial charge in [-0.2, -0.15) is 0 Å². The SMILES string of the molecule is CCc1c(-c2ccccc2)sc2nc(C(=O)O)[nH]c(=O)c12. The van der Waals surface area contributed by atoms with Gasteiger partial charge in [-0.3, -0.25) is 4.79 Å². The van der Waals surface area contributed by atoms with Gasteiger partial charge in [-0.15, -0.1) is 11.3 Å². The summed E-state index contributed by atoms with van der Waals surface area (Å²) in [5.74, 6) is -1.56. The number of hydrogen-bond acceptors (Lipinski definition) is 4. The lowest BCUT2D eigenvalue weighted by atomic mass is 10.1. The maximum absolute atomic E-state index is 12.2. The van der Waals surface area contributed by atoms with Crippen molar-refractivity contribution in [1.82, 2.24) is 9.97 Å². The molecule has 0 fully saturated rings. The third-order valence-corrected chi connectivity index (χ3v) is 4.43. The molecule has 0 radical (unpaired) electrons. The Hall–Kier alpha value is -2.47. The summed E-state index contributed by atoms with van der Waals surface area (Å²) < 4.78 is 0. The zero-order chi connectivity index (χ0) is 15.0. The lowest BCUT2D eigenvalue weighted by molar-refractivity contribution is 0.0683. The van der Waals surface area contributed by atoms with E-state index in [4.69, 9.17) is 5.11 Å². The first-order chi connectivity index (χ1) is 10.1. The summed E-state index contributed by atoms with van der Waals surface area (Å²) in [4.78, 5) is 31.0. The fraction of sp³-hybridized carbons (Fsp3) is 0.133. The minimum absolute atomic E-state index is 0.323. The van der Waals surface area contributed by atoms with Crippen LogP contribution in [0, 0.1) is 0 Å². The molecule has 0 spiro atoms. The van der Waals surface area contributed by atoms with Crippen LogP contribution in [-0.2, 0) is 6.42 Å². The second kappa shape index (κ2) is 5.14. The third-order valence-electron chi connectivity index (χ3n) is 3.25. The predicted octanol–water partition coefficient (Wildman–Crippen LogP) is 2.91. The first kappa shape index (κ1) is 13.5. The van der Waals surface area contributed by atoms with Crippen molar-refractivity contribution in [3.05, 3.63) is 52.1 Å². The molecule has 21 heavy (non-hydrogen) atoms. The van der Waals surface area contributed by atoms with E-state index < -0.39 is 11.5 Å². The summed E-state index contributed by atoms with van der Waals surface area (Å²) in [6.07, 6.45) is 0.682. The Balaban J connectivity index is 2.35. The zero-order valence-electron chi connectivity index (χ0n) is 11.2. The number of nitrogens with one attached hydrogen (secondary N) is 1. The average molecular weight is 300 g/mol. The molecule has 0 aliphatic carbocycles. The largest absolute Gasteiger partial charge is 0.475 e. The van der Waals surface area contributed by atoms with E-state index in [1.807, 2.05) is 37.3 Å². The Kier molecular flexibility index (Phi) is 3.31. The van der Waals surface area contributed by atoms with Crippen molar-refractivity contribution >= 4 is 27.5 Å². The number of nitrogens with zero attached hydrogens (tertiary/aromatic N) is 1. The van der Waals surface area contributed by atoms with Gasteiger partial charge in [0.25, 0.3) is 5.56 Å². The standard InChI is InChI=1S/C15H12N2O3S/c1-2-9-10-13(18)16-12(15(19)20)17-14(10)21-11(9)8-6-4-3-5-7-8/h3-7H,2H2,1H3,(H,19,20)(H,16,17,18). The van der Waals surface area contributed by atoms with Crippen LogP contribution in [0.1, 0.15) is 23.1 Å². The molecule has 6 heteroatoms. The Morgan fingerprint density at radius 1 is 1.33 bits per heavy atom. The zero-order valence-corrected chi connectivity index (χ0v) is 12.0. The normalized spacial score (nSPS) is 10.9. The van der Waals surface area contributed by atoms with Gasteiger partial charge < -0.3 is 10.1 Å². The van der Waals surface area contributed by atoms with E-state index in [1.54, 1.807) is 0 Å². The van der Waals surface area contributed by atoms with Gasteiger partial charge >= 0.3 is 5.97 Å². The number of rotatable bonds is 3. The molecule has 0 bridgehead atoms. The highest BCUT2D eigenvalue weighted by Crippen LogP contribution is 2.36. The third kappa shape index (κ3) is 2.23. The van der Waals surface area contributed by atoms with Crippen LogP contribution in [0.3, 0.4) is 0 Å². The van der Waals surface area contributed by atoms with Crippen molar-refractivity contribution < 1.29 is 9.90 Å². The Morgan fingerprint density at radius 3 is 2.67 bits per heavy atom. The highest BCUT2D eigenvalue weighted by Gasteiger charge is 2.18. The van der Waals surface area contributed by atoms with Crippen molar-refractivity contribution in [2.24, 2.45) is 0 Å². The van der Waals surface area contributed by atoms with Crippen LogP contribution in [0.25, 0.3) is 20.7 Å². The molecule has 2 aromatic heterocycles. The summed E-state index contributed by atoms with van der Waals surface area (Å²) in [5.41, 5.74) is 1.52. The van der Waals surface area contributed by atoms with E-state index in [2.05, 4.69) is 9.97 Å². The molecule has 3 rings (SSSR count). The molecular weight excluding hydrogens is 288 g/mol. The van der Waals surface area contributed by atoms with E-state index >= 15 is 0 Å². The lowest BCUT2D eigenvalue weighted by Crippen LogP contribution is -2.15. The molecule has 5 nitrogen and oxygen atoms in total. The van der Waals surface area contributed by atoms with Gasteiger partial charge in [-0.05, 0) is 17.5 Å². The first-order valence-corrected chi connectivity index (χ1v) is 7.28. The van der Waals surface area contributed by atoms with Gasteiger partial charge in [0.2, 0.25) is 5.82 Å². The summed E-state index contributed by atoms with van der Waals surface area (Å²) in [6.45, 7) is 1.97. The van der Waals surface area contributed by atoms with Crippen molar-refractivity contribution in [3.8, 4) is 10.4 Å². The van der Waals surface area contributed by atoms with E-state index in [0.717, 1.165) is 16.0 Å². The predicted molar refractivity (Wildman–Crippen MR) is 82.0 cm³/mol. The fourth-order valence-electron chi connectivity index (χ4n) is 2.33. The van der Waals surface area contributed by atoms with Crippen molar-refractivity contribution in [2.75, 3.05) is 0 Å². The van der Waals surface area contributed by atoms with Gasteiger partial charge in [0, 0.05) is 4.88 Å². The van der Waals surface area contributed by atoms with Crippen LogP contribution in [0.15, 0.2) is 35.1 Å². The summed E-state index contributed by atoms with van der Waals surface area (Å²) in [7, 11) is 0. The van der Waals surface area contributed by atoms with Crippen LogP contribution in [0.4, 0.5) is 0 Å². The highest BCUT2D eigenvalue weighted by molar-refractivity contribution is 7.22. The molecule has 0 saturated heterocycles. The molecule has 0 saturated carbocycles. The maximum Gasteiger partial charge on any atom is 0.372 e. The van der Waals surface area contributed by atoms with Crippen LogP contribution >= 0.6 is 11.3 Å². The number of H-pyrrole nitrogens is 1. The van der Waals surface area contributed by atoms with Crippen molar-refractivity contribution in [1.29, 1.82) is 0 Å². The number of fused-ring (bicyclic) bond motifs is 1. The minimum Gasteiger partial charge on any atom is -0.475 e. The fourth-order valence-corrected chi connectivity index (χ4v) is 3.60. The van der Waals surface area contributed by atoms with Crippen molar-refractivity contribution in [3.63, 3.8) is 0 Å². The average Bonchev–Trinajstić information content (AvgIpc) is 2.87. The van der Waals surface area contributed by atoms with Gasteiger partial charge in [-0.1, -0.05) is 37.3 Å². The molecule has 0 amide bonds. The molecule has 3 aromatic rings. The molecule has 0 unspecified atom stereocenters. The number of carboxylic acids is 1. The smallest absolute Gasteiger partial charge is 0.372 e. The van der Waals surface area contributed by atoms with Gasteiger partial charge in [-0.25, -0.2) is 9.78 Å². The van der Waals surface area contributed by atoms with Gasteiger partial charge in [0.05, 0.1) is 5.39 Å². The Bertz CT molecular complexity index is 881. The van der Waals surface area contributed by atoms with Crippen molar-refractivity contribution in [2.45, 2.75) is 13.3 Å². The lowest BCUT2D eigenvalue weighted by Gasteiger charge is -2.01. The molecule has 106 valence electrons. The number of hydrogen-bond donors (Lipinski definition) is 2. The maximum atomic E-state index is 12.2. The Morgan fingerprint density at radius 2 is 2.05 bits per heavy atom. The minimum atomic E-state index is -1.23. The number of aromatic nitrogens is 2. The molecule has 2 heterocycles. The second-order valence-electron chi connectivity index (χ2n) is 4.53. The molecule has 0 aliphatic rings. The van der Waals surface area contributed by atoms with E-state index in [1.165, 1.54) is 11.3 Å². The number of aromatic carboxylic acids is 1. The molecule has 0 atom stereocenters. The van der Waals surface area contributed by atoms with Crippen LogP contribution in [0.5, 0.6) is 0 Å². The number of aromatic amines is 1. The number of aryl methyl sites for hydroxylation is 1. The summed E-state index contributed by atoms with van der Waals surface area (Å²) >= 11 is 1.35. The van der Waals surface area contributed by atoms with E-state index in [9.17, 15) is 9.59 Å². The summed E-state index contributed by atoms with van der Waals surface area (Å²) in [5, 5.41) is 9.48. The Labute approximate surface area is 123 Å². The van der Waals surface area contributed by atoms with Crippen LogP contribution in [0.2, 0.25) is 0 Å². The first-order valence-electron chi connectivity index (χ1n) is 6.46. The highest BCUT2D eigenvalue weighted by atomic mass is 32.1. The van der Waals surface area contributed by atoms with Crippen LogP contribution in [-0.4, -0.2) is 21.0 Å². The monoisotopic (exact) mass is 300 g/mol. The van der Waals surface area contributed by atoms with Gasteiger partial charge in [0.1, 0.15) is 4.83 Å². The van der Waals surface area contributed by atoms with Gasteiger partial charge in [0.15, 0.2) is 0 Å². The van der Waals surface area contributed by atoms with E-state index in [0.29, 0.717) is 16.6 Å².